The van der Waals surface area contributed by atoms with E-state index in [4.69, 9.17) is 9.47 Å². The zero-order valence-corrected chi connectivity index (χ0v) is 19.0. The van der Waals surface area contributed by atoms with E-state index in [0.29, 0.717) is 12.8 Å². The monoisotopic (exact) mass is 466 g/mol. The average molecular weight is 467 g/mol. The van der Waals surface area contributed by atoms with Gasteiger partial charge in [-0.3, -0.25) is 9.59 Å². The van der Waals surface area contributed by atoms with Crippen LogP contribution in [-0.4, -0.2) is 55.5 Å². The fraction of sp³-hybridized carbons (Fsp3) is 0.423. The maximum Gasteiger partial charge on any atom is 0.407 e. The van der Waals surface area contributed by atoms with Gasteiger partial charge in [-0.15, -0.1) is 0 Å². The largest absolute Gasteiger partial charge is 0.481 e. The molecule has 0 unspecified atom stereocenters. The van der Waals surface area contributed by atoms with Gasteiger partial charge in [-0.05, 0) is 35.1 Å². The molecule has 2 aromatic rings. The zero-order chi connectivity index (χ0) is 23.9. The summed E-state index contributed by atoms with van der Waals surface area (Å²) in [5.41, 5.74) is 4.67. The van der Waals surface area contributed by atoms with E-state index in [2.05, 4.69) is 34.9 Å². The Morgan fingerprint density at radius 2 is 1.62 bits per heavy atom. The molecule has 1 saturated carbocycles. The molecule has 0 bridgehead atoms. The lowest BCUT2D eigenvalue weighted by Crippen LogP contribution is -2.40. The maximum atomic E-state index is 12.1. The number of fused-ring (bicyclic) bond motifs is 3. The number of rotatable bonds is 10. The normalized spacial score (nSPS) is 18.7. The van der Waals surface area contributed by atoms with Gasteiger partial charge in [0.25, 0.3) is 0 Å². The van der Waals surface area contributed by atoms with E-state index >= 15 is 0 Å². The summed E-state index contributed by atoms with van der Waals surface area (Å²) in [6, 6.07) is 16.0. The van der Waals surface area contributed by atoms with E-state index in [1.165, 1.54) is 11.1 Å². The summed E-state index contributed by atoms with van der Waals surface area (Å²) in [4.78, 5) is 35.4. The van der Waals surface area contributed by atoms with Crippen molar-refractivity contribution >= 4 is 18.0 Å². The summed E-state index contributed by atoms with van der Waals surface area (Å²) in [5, 5.41) is 14.6. The molecule has 0 aromatic heterocycles. The molecule has 2 atom stereocenters. The van der Waals surface area contributed by atoms with Gasteiger partial charge in [0.05, 0.1) is 19.1 Å². The third kappa shape index (κ3) is 5.56. The van der Waals surface area contributed by atoms with Crippen LogP contribution < -0.4 is 10.6 Å². The van der Waals surface area contributed by atoms with Gasteiger partial charge in [-0.2, -0.15) is 0 Å². The predicted octanol–water partition coefficient (Wildman–Crippen LogP) is 3.30. The number of carbonyl (C=O) groups is 3. The second-order valence-electron chi connectivity index (χ2n) is 8.66. The highest BCUT2D eigenvalue weighted by Gasteiger charge is 2.33. The van der Waals surface area contributed by atoms with Crippen molar-refractivity contribution in [1.29, 1.82) is 0 Å². The molecule has 0 spiro atoms. The Hall–Kier alpha value is -3.39. The van der Waals surface area contributed by atoms with E-state index in [-0.39, 0.29) is 50.7 Å². The van der Waals surface area contributed by atoms with Crippen LogP contribution in [0.2, 0.25) is 0 Å². The fourth-order valence-electron chi connectivity index (χ4n) is 4.85. The second kappa shape index (κ2) is 11.2. The summed E-state index contributed by atoms with van der Waals surface area (Å²) in [6.07, 6.45) is 1.73. The van der Waals surface area contributed by atoms with Crippen molar-refractivity contribution in [3.8, 4) is 11.1 Å². The molecule has 0 radical (unpaired) electrons. The molecule has 3 N–H and O–H groups in total. The van der Waals surface area contributed by atoms with Gasteiger partial charge in [0.15, 0.2) is 0 Å². The molecule has 2 aliphatic carbocycles. The minimum absolute atomic E-state index is 0.00787. The Bertz CT molecular complexity index is 994. The first-order valence-corrected chi connectivity index (χ1v) is 11.7. The minimum Gasteiger partial charge on any atom is -0.481 e. The smallest absolute Gasteiger partial charge is 0.407 e. The van der Waals surface area contributed by atoms with Gasteiger partial charge in [0.2, 0.25) is 5.91 Å². The topological polar surface area (TPSA) is 114 Å². The second-order valence-corrected chi connectivity index (χ2v) is 8.66. The van der Waals surface area contributed by atoms with Crippen molar-refractivity contribution in [2.45, 2.75) is 37.6 Å². The Balaban J connectivity index is 1.12. The number of carboxylic acids is 1. The molecule has 1 fully saturated rings. The number of carboxylic acid groups (broad SMARTS) is 1. The Labute approximate surface area is 198 Å². The minimum atomic E-state index is -0.863. The van der Waals surface area contributed by atoms with Crippen LogP contribution in [0.3, 0.4) is 0 Å². The van der Waals surface area contributed by atoms with E-state index in [9.17, 15) is 19.5 Å². The number of benzene rings is 2. The standard InChI is InChI=1S/C26H30N2O6/c29-24(28-23-11-5-10-21(23)25(30)31)12-14-33-15-13-27-26(32)34-16-22-19-8-3-1-6-17(19)18-7-2-4-9-20(18)22/h1-4,6-9,21-23H,5,10-16H2,(H,27,32)(H,28,29)(H,30,31)/t21-,23+/m0/s1. The lowest BCUT2D eigenvalue weighted by Gasteiger charge is -2.17. The van der Waals surface area contributed by atoms with Crippen LogP contribution >= 0.6 is 0 Å². The molecule has 180 valence electrons. The molecule has 0 heterocycles. The van der Waals surface area contributed by atoms with Crippen molar-refractivity contribution in [2.24, 2.45) is 5.92 Å². The Morgan fingerprint density at radius 3 is 2.29 bits per heavy atom. The van der Waals surface area contributed by atoms with Crippen molar-refractivity contribution in [3.63, 3.8) is 0 Å². The molecule has 8 heteroatoms. The molecule has 2 aliphatic rings. The van der Waals surface area contributed by atoms with Crippen molar-refractivity contribution in [3.05, 3.63) is 59.7 Å². The summed E-state index contributed by atoms with van der Waals surface area (Å²) >= 11 is 0. The number of nitrogens with one attached hydrogen (secondary N) is 2. The molecular weight excluding hydrogens is 436 g/mol. The Morgan fingerprint density at radius 1 is 0.941 bits per heavy atom. The molecule has 4 rings (SSSR count). The van der Waals surface area contributed by atoms with E-state index in [1.54, 1.807) is 0 Å². The van der Waals surface area contributed by atoms with Gasteiger partial charge in [-0.1, -0.05) is 55.0 Å². The van der Waals surface area contributed by atoms with Crippen LogP contribution in [0.15, 0.2) is 48.5 Å². The van der Waals surface area contributed by atoms with Crippen LogP contribution in [0, 0.1) is 5.92 Å². The van der Waals surface area contributed by atoms with Gasteiger partial charge in [0, 0.05) is 24.9 Å². The molecule has 2 aromatic carbocycles. The molecule has 0 saturated heterocycles. The van der Waals surface area contributed by atoms with Gasteiger partial charge in [0.1, 0.15) is 6.61 Å². The van der Waals surface area contributed by atoms with Gasteiger partial charge < -0.3 is 25.2 Å². The highest BCUT2D eigenvalue weighted by atomic mass is 16.5. The van der Waals surface area contributed by atoms with E-state index in [1.807, 2.05) is 24.3 Å². The Kier molecular flexibility index (Phi) is 7.80. The fourth-order valence-corrected chi connectivity index (χ4v) is 4.85. The average Bonchev–Trinajstić information content (AvgIpc) is 3.42. The van der Waals surface area contributed by atoms with Crippen LogP contribution in [0.25, 0.3) is 11.1 Å². The van der Waals surface area contributed by atoms with Crippen LogP contribution in [-0.2, 0) is 19.1 Å². The summed E-state index contributed by atoms with van der Waals surface area (Å²) < 4.78 is 10.9. The number of alkyl carbamates (subject to hydrolysis) is 1. The maximum absolute atomic E-state index is 12.1. The lowest BCUT2D eigenvalue weighted by molar-refractivity contribution is -0.142. The van der Waals surface area contributed by atoms with Gasteiger partial charge in [-0.25, -0.2) is 4.79 Å². The molecule has 0 aliphatic heterocycles. The van der Waals surface area contributed by atoms with Crippen molar-refractivity contribution in [1.82, 2.24) is 10.6 Å². The number of aliphatic carboxylic acids is 1. The number of carbonyl (C=O) groups excluding carboxylic acids is 2. The molecule has 34 heavy (non-hydrogen) atoms. The summed E-state index contributed by atoms with van der Waals surface area (Å²) in [7, 11) is 0. The first-order chi connectivity index (χ1) is 16.5. The van der Waals surface area contributed by atoms with Crippen molar-refractivity contribution in [2.75, 3.05) is 26.4 Å². The first kappa shape index (κ1) is 23.8. The third-order valence-electron chi connectivity index (χ3n) is 6.51. The summed E-state index contributed by atoms with van der Waals surface area (Å²) in [5.74, 6) is -1.58. The van der Waals surface area contributed by atoms with E-state index < -0.39 is 18.0 Å². The van der Waals surface area contributed by atoms with Gasteiger partial charge >= 0.3 is 12.1 Å². The number of hydrogen-bond donors (Lipinski definition) is 3. The van der Waals surface area contributed by atoms with Crippen LogP contribution in [0.4, 0.5) is 4.79 Å². The van der Waals surface area contributed by atoms with E-state index in [0.717, 1.165) is 17.5 Å². The quantitative estimate of drug-likeness (QED) is 0.463. The number of amides is 2. The molecule has 2 amide bonds. The third-order valence-corrected chi connectivity index (χ3v) is 6.51. The van der Waals surface area contributed by atoms with Crippen LogP contribution in [0.1, 0.15) is 42.7 Å². The molecule has 8 nitrogen and oxygen atoms in total. The SMILES string of the molecule is O=C(CCOCCNC(=O)OCC1c2ccccc2-c2ccccc21)N[C@@H]1CCC[C@@H]1C(=O)O. The highest BCUT2D eigenvalue weighted by molar-refractivity contribution is 5.79. The zero-order valence-electron chi connectivity index (χ0n) is 19.0. The lowest BCUT2D eigenvalue weighted by atomic mass is 9.98. The summed E-state index contributed by atoms with van der Waals surface area (Å²) in [6.45, 7) is 0.961. The highest BCUT2D eigenvalue weighted by Crippen LogP contribution is 2.44. The van der Waals surface area contributed by atoms with Crippen LogP contribution in [0.5, 0.6) is 0 Å². The molecular formula is C26H30N2O6. The number of hydrogen-bond acceptors (Lipinski definition) is 5. The number of ether oxygens (including phenoxy) is 2. The van der Waals surface area contributed by atoms with Crippen molar-refractivity contribution < 1.29 is 29.0 Å². The first-order valence-electron chi connectivity index (χ1n) is 11.7. The predicted molar refractivity (Wildman–Crippen MR) is 125 cm³/mol.